The van der Waals surface area contributed by atoms with Crippen LogP contribution < -0.4 is 11.1 Å². The molecular weight excluding hydrogens is 252 g/mol. The first-order chi connectivity index (χ1) is 9.50. The number of nitrogens with one attached hydrogen (secondary N) is 1. The van der Waals surface area contributed by atoms with E-state index in [1.165, 1.54) is 25.7 Å². The maximum absolute atomic E-state index is 8.68. The van der Waals surface area contributed by atoms with Gasteiger partial charge in [-0.1, -0.05) is 25.4 Å². The summed E-state index contributed by atoms with van der Waals surface area (Å²) in [6.07, 6.45) is 6.74. The van der Waals surface area contributed by atoms with E-state index in [2.05, 4.69) is 29.3 Å². The third-order valence-corrected chi connectivity index (χ3v) is 3.99. The molecule has 2 rings (SSSR count). The molecule has 1 aliphatic carbocycles. The molecule has 1 unspecified atom stereocenters. The van der Waals surface area contributed by atoms with E-state index in [-0.39, 0.29) is 5.84 Å². The van der Waals surface area contributed by atoms with E-state index < -0.39 is 0 Å². The molecule has 1 fully saturated rings. The summed E-state index contributed by atoms with van der Waals surface area (Å²) in [5.41, 5.74) is 7.60. The zero-order chi connectivity index (χ0) is 14.6. The Morgan fingerprint density at radius 2 is 2.40 bits per heavy atom. The number of rotatable bonds is 4. The highest BCUT2D eigenvalue weighted by atomic mass is 16.4. The molecule has 1 aromatic rings. The van der Waals surface area contributed by atoms with Gasteiger partial charge < -0.3 is 16.3 Å². The minimum atomic E-state index is 0.0469. The van der Waals surface area contributed by atoms with Gasteiger partial charge in [0, 0.05) is 18.8 Å². The lowest BCUT2D eigenvalue weighted by Gasteiger charge is -2.35. The number of pyridine rings is 1. The Bertz CT molecular complexity index is 485. The molecule has 1 saturated carbocycles. The van der Waals surface area contributed by atoms with Crippen LogP contribution in [-0.4, -0.2) is 22.1 Å². The van der Waals surface area contributed by atoms with Gasteiger partial charge in [0.15, 0.2) is 5.84 Å². The molecule has 0 radical (unpaired) electrons. The van der Waals surface area contributed by atoms with Crippen LogP contribution in [0, 0.1) is 5.41 Å². The second-order valence-corrected chi connectivity index (χ2v) is 6.37. The maximum atomic E-state index is 8.68. The molecular formula is C15H24N4O. The number of oxime groups is 1. The van der Waals surface area contributed by atoms with Crippen LogP contribution in [0.5, 0.6) is 0 Å². The molecule has 0 amide bonds. The standard InChI is InChI=1S/C15H24N4O/c1-15(2)6-3-4-12(9-15)18-10-11-5-7-17-13(8-11)14(16)19-20/h5,7-8,12,18,20H,3-4,6,9-10H2,1-2H3,(H2,16,19). The first-order valence-corrected chi connectivity index (χ1v) is 7.16. The Balaban J connectivity index is 1.94. The van der Waals surface area contributed by atoms with Gasteiger partial charge in [-0.3, -0.25) is 4.98 Å². The van der Waals surface area contributed by atoms with Gasteiger partial charge in [0.25, 0.3) is 0 Å². The summed E-state index contributed by atoms with van der Waals surface area (Å²) < 4.78 is 0. The van der Waals surface area contributed by atoms with Crippen molar-refractivity contribution in [1.29, 1.82) is 0 Å². The molecule has 1 aliphatic rings. The summed E-state index contributed by atoms with van der Waals surface area (Å²) in [7, 11) is 0. The summed E-state index contributed by atoms with van der Waals surface area (Å²) in [6, 6.07) is 4.38. The van der Waals surface area contributed by atoms with Gasteiger partial charge in [0.2, 0.25) is 0 Å². The summed E-state index contributed by atoms with van der Waals surface area (Å²) in [6.45, 7) is 5.46. The largest absolute Gasteiger partial charge is 0.409 e. The van der Waals surface area contributed by atoms with Gasteiger partial charge in [-0.2, -0.15) is 0 Å². The maximum Gasteiger partial charge on any atom is 0.188 e. The molecule has 1 atom stereocenters. The number of nitrogens with zero attached hydrogens (tertiary/aromatic N) is 2. The minimum absolute atomic E-state index is 0.0469. The summed E-state index contributed by atoms with van der Waals surface area (Å²) >= 11 is 0. The fourth-order valence-electron chi connectivity index (χ4n) is 2.91. The average Bonchev–Trinajstić information content (AvgIpc) is 2.43. The monoisotopic (exact) mass is 276 g/mol. The van der Waals surface area contributed by atoms with Crippen molar-refractivity contribution in [2.45, 2.75) is 52.1 Å². The number of nitrogens with two attached hydrogens (primary N) is 1. The second-order valence-electron chi connectivity index (χ2n) is 6.37. The molecule has 5 heteroatoms. The first kappa shape index (κ1) is 14.8. The van der Waals surface area contributed by atoms with E-state index in [0.717, 1.165) is 12.1 Å². The number of hydrogen-bond donors (Lipinski definition) is 3. The van der Waals surface area contributed by atoms with Crippen LogP contribution in [0.15, 0.2) is 23.5 Å². The Labute approximate surface area is 120 Å². The van der Waals surface area contributed by atoms with E-state index in [4.69, 9.17) is 10.9 Å². The van der Waals surface area contributed by atoms with Crippen molar-refractivity contribution < 1.29 is 5.21 Å². The Morgan fingerprint density at radius 3 is 3.10 bits per heavy atom. The van der Waals surface area contributed by atoms with Crippen LogP contribution in [0.1, 0.15) is 50.8 Å². The lowest BCUT2D eigenvalue weighted by atomic mass is 9.75. The molecule has 20 heavy (non-hydrogen) atoms. The highest BCUT2D eigenvalue weighted by molar-refractivity contribution is 5.95. The Morgan fingerprint density at radius 1 is 1.60 bits per heavy atom. The first-order valence-electron chi connectivity index (χ1n) is 7.16. The second kappa shape index (κ2) is 6.22. The molecule has 1 aromatic heterocycles. The molecule has 0 aliphatic heterocycles. The summed E-state index contributed by atoms with van der Waals surface area (Å²) in [5, 5.41) is 15.3. The predicted octanol–water partition coefficient (Wildman–Crippen LogP) is 2.23. The lowest BCUT2D eigenvalue weighted by molar-refractivity contribution is 0.198. The molecule has 1 heterocycles. The molecule has 0 bridgehead atoms. The third-order valence-electron chi connectivity index (χ3n) is 3.99. The Hall–Kier alpha value is -1.62. The van der Waals surface area contributed by atoms with Gasteiger partial charge >= 0.3 is 0 Å². The molecule has 0 aromatic carbocycles. The van der Waals surface area contributed by atoms with Crippen molar-refractivity contribution >= 4 is 5.84 Å². The number of hydrogen-bond acceptors (Lipinski definition) is 4. The molecule has 0 saturated heterocycles. The minimum Gasteiger partial charge on any atom is -0.409 e. The topological polar surface area (TPSA) is 83.5 Å². The normalized spacial score (nSPS) is 22.7. The fourth-order valence-corrected chi connectivity index (χ4v) is 2.91. The van der Waals surface area contributed by atoms with E-state index in [9.17, 15) is 0 Å². The van der Waals surface area contributed by atoms with Gasteiger partial charge in [-0.25, -0.2) is 0 Å². The third kappa shape index (κ3) is 3.93. The zero-order valence-corrected chi connectivity index (χ0v) is 12.3. The van der Waals surface area contributed by atoms with Crippen molar-refractivity contribution in [2.24, 2.45) is 16.3 Å². The van der Waals surface area contributed by atoms with Crippen molar-refractivity contribution in [3.63, 3.8) is 0 Å². The van der Waals surface area contributed by atoms with Crippen LogP contribution >= 0.6 is 0 Å². The van der Waals surface area contributed by atoms with Gasteiger partial charge in [-0.05, 0) is 42.4 Å². The zero-order valence-electron chi connectivity index (χ0n) is 12.3. The van der Waals surface area contributed by atoms with E-state index in [0.29, 0.717) is 17.2 Å². The average molecular weight is 276 g/mol. The fraction of sp³-hybridized carbons (Fsp3) is 0.600. The molecule has 110 valence electrons. The lowest BCUT2D eigenvalue weighted by Crippen LogP contribution is -2.36. The number of amidine groups is 1. The number of aromatic nitrogens is 1. The summed E-state index contributed by atoms with van der Waals surface area (Å²) in [5.74, 6) is 0.0469. The molecule has 5 nitrogen and oxygen atoms in total. The van der Waals surface area contributed by atoms with Gasteiger partial charge in [-0.15, -0.1) is 0 Å². The van der Waals surface area contributed by atoms with Crippen molar-refractivity contribution in [3.8, 4) is 0 Å². The molecule has 0 spiro atoms. The van der Waals surface area contributed by atoms with Crippen molar-refractivity contribution in [2.75, 3.05) is 0 Å². The quantitative estimate of drug-likeness (QED) is 0.341. The highest BCUT2D eigenvalue weighted by Gasteiger charge is 2.27. The van der Waals surface area contributed by atoms with Crippen LogP contribution in [0.4, 0.5) is 0 Å². The van der Waals surface area contributed by atoms with Gasteiger partial charge in [0.1, 0.15) is 5.69 Å². The van der Waals surface area contributed by atoms with E-state index in [1.54, 1.807) is 6.20 Å². The Kier molecular flexibility index (Phi) is 4.60. The highest BCUT2D eigenvalue weighted by Crippen LogP contribution is 2.35. The van der Waals surface area contributed by atoms with Crippen LogP contribution in [-0.2, 0) is 6.54 Å². The van der Waals surface area contributed by atoms with Crippen molar-refractivity contribution in [3.05, 3.63) is 29.6 Å². The van der Waals surface area contributed by atoms with Crippen molar-refractivity contribution in [1.82, 2.24) is 10.3 Å². The predicted molar refractivity (Wildman–Crippen MR) is 79.6 cm³/mol. The van der Waals surface area contributed by atoms with Crippen LogP contribution in [0.25, 0.3) is 0 Å². The molecule has 4 N–H and O–H groups in total. The summed E-state index contributed by atoms with van der Waals surface area (Å²) in [4.78, 5) is 4.08. The van der Waals surface area contributed by atoms with E-state index >= 15 is 0 Å². The van der Waals surface area contributed by atoms with Crippen LogP contribution in [0.3, 0.4) is 0 Å². The van der Waals surface area contributed by atoms with E-state index in [1.807, 2.05) is 12.1 Å². The SMILES string of the molecule is CC1(C)CCCC(NCc2ccnc(/C(N)=N/O)c2)C1. The van der Waals surface area contributed by atoms with Crippen LogP contribution in [0.2, 0.25) is 0 Å². The van der Waals surface area contributed by atoms with Gasteiger partial charge in [0.05, 0.1) is 0 Å². The smallest absolute Gasteiger partial charge is 0.188 e.